The van der Waals surface area contributed by atoms with Crippen molar-refractivity contribution in [2.45, 2.75) is 9.79 Å². The average Bonchev–Trinajstić information content (AvgIpc) is 2.97. The van der Waals surface area contributed by atoms with E-state index in [9.17, 15) is 55.8 Å². The average molecular weight is 663 g/mol. The molecule has 0 unspecified atom stereocenters. The maximum atomic E-state index is 14.0. The molecule has 0 amide bonds. The first-order chi connectivity index (χ1) is 21.4. The van der Waals surface area contributed by atoms with Gasteiger partial charge in [0.1, 0.15) is 9.79 Å². The molecular formula is C28H14N4O12S2. The zero-order chi connectivity index (χ0) is 33.4. The van der Waals surface area contributed by atoms with Gasteiger partial charge in [-0.2, -0.15) is 16.8 Å². The first kappa shape index (κ1) is 28.9. The van der Waals surface area contributed by atoms with Crippen LogP contribution in [-0.2, 0) is 20.2 Å². The predicted molar refractivity (Wildman–Crippen MR) is 168 cm³/mol. The SMILES string of the molecule is Nc1c(S(=O)(=O)O)cc2c3cc(S(=O)(=O)O)c(N)c4c(=O)c5cc([N+](=O)[O-])ccc5c(c43)c3c4ccc([N+](=O)[O-])cc4c(=O)c1c23. The van der Waals surface area contributed by atoms with Crippen LogP contribution in [-0.4, -0.2) is 35.8 Å². The van der Waals surface area contributed by atoms with E-state index in [4.69, 9.17) is 11.5 Å². The summed E-state index contributed by atoms with van der Waals surface area (Å²) in [6.45, 7) is 0. The Hall–Kier alpha value is -5.82. The molecule has 0 bridgehead atoms. The molecule has 0 aliphatic heterocycles. The van der Waals surface area contributed by atoms with Crippen LogP contribution in [0.3, 0.4) is 0 Å². The number of hydrogen-bond acceptors (Lipinski definition) is 12. The molecule has 46 heavy (non-hydrogen) atoms. The third-order valence-corrected chi connectivity index (χ3v) is 9.95. The third kappa shape index (κ3) is 3.65. The van der Waals surface area contributed by atoms with Gasteiger partial charge in [0.25, 0.3) is 31.6 Å². The normalized spacial score (nSPS) is 12.7. The molecule has 0 aliphatic carbocycles. The van der Waals surface area contributed by atoms with Gasteiger partial charge in [-0.25, -0.2) is 0 Å². The minimum absolute atomic E-state index is 0.0611. The lowest BCUT2D eigenvalue weighted by molar-refractivity contribution is -0.384. The van der Waals surface area contributed by atoms with Gasteiger partial charge in [0.2, 0.25) is 0 Å². The van der Waals surface area contributed by atoms with E-state index >= 15 is 0 Å². The van der Waals surface area contributed by atoms with Crippen molar-refractivity contribution in [3.05, 3.63) is 89.2 Å². The summed E-state index contributed by atoms with van der Waals surface area (Å²) < 4.78 is 70.1. The summed E-state index contributed by atoms with van der Waals surface area (Å²) in [5, 5.41) is 21.3. The molecule has 16 nitrogen and oxygen atoms in total. The van der Waals surface area contributed by atoms with Crippen LogP contribution in [0, 0.1) is 20.2 Å². The summed E-state index contributed by atoms with van der Waals surface area (Å²) in [6.07, 6.45) is 0. The molecule has 230 valence electrons. The fraction of sp³-hybridized carbons (Fsp3) is 0. The fourth-order valence-electron chi connectivity index (χ4n) is 6.35. The quantitative estimate of drug-likeness (QED) is 0.0522. The molecule has 0 saturated carbocycles. The molecule has 0 radical (unpaired) electrons. The molecule has 0 heterocycles. The van der Waals surface area contributed by atoms with Crippen molar-refractivity contribution in [3.8, 4) is 0 Å². The van der Waals surface area contributed by atoms with Gasteiger partial charge in [-0.15, -0.1) is 0 Å². The summed E-state index contributed by atoms with van der Waals surface area (Å²) in [7, 11) is -10.4. The van der Waals surface area contributed by atoms with Crippen molar-refractivity contribution in [3.63, 3.8) is 0 Å². The van der Waals surface area contributed by atoms with Gasteiger partial charge < -0.3 is 11.5 Å². The Morgan fingerprint density at radius 3 is 1.15 bits per heavy atom. The summed E-state index contributed by atoms with van der Waals surface area (Å²) in [5.74, 6) is 0. The molecule has 6 N–H and O–H groups in total. The number of nitrogen functional groups attached to an aromatic ring is 2. The summed E-state index contributed by atoms with van der Waals surface area (Å²) in [6, 6.07) is 8.27. The molecule has 0 atom stereocenters. The molecule has 0 aliphatic rings. The van der Waals surface area contributed by atoms with Gasteiger partial charge in [-0.3, -0.25) is 38.9 Å². The topological polar surface area (TPSA) is 281 Å². The van der Waals surface area contributed by atoms with E-state index in [1.807, 2.05) is 0 Å². The standard InChI is InChI=1S/C28H14N4O12S2/c29-25-17(45(39,40)41)7-13-14-8-18(46(42,43)44)26(30)24-22(14)20(12-4-2-10(32(37)38)6-16(12)28(24)34)19-11-3-1-9(31(35)36)5-15(11)27(33)23(25)21(13)19/h1-8H,29-30H2,(H,39,40,41)(H,42,43,44). The summed E-state index contributed by atoms with van der Waals surface area (Å²) >= 11 is 0. The lowest BCUT2D eigenvalue weighted by Crippen LogP contribution is -2.14. The van der Waals surface area contributed by atoms with E-state index in [0.29, 0.717) is 0 Å². The monoisotopic (exact) mass is 662 g/mol. The molecule has 7 aromatic carbocycles. The van der Waals surface area contributed by atoms with Crippen LogP contribution < -0.4 is 22.3 Å². The van der Waals surface area contributed by atoms with Crippen molar-refractivity contribution >= 4 is 108 Å². The number of benzene rings is 7. The number of hydrogen-bond donors (Lipinski definition) is 4. The first-order valence-corrected chi connectivity index (χ1v) is 15.6. The van der Waals surface area contributed by atoms with Crippen LogP contribution in [0.25, 0.3) is 64.6 Å². The van der Waals surface area contributed by atoms with Gasteiger partial charge in [-0.1, -0.05) is 0 Å². The molecule has 0 aromatic heterocycles. The van der Waals surface area contributed by atoms with Crippen LogP contribution in [0.1, 0.15) is 0 Å². The Morgan fingerprint density at radius 2 is 0.848 bits per heavy atom. The number of rotatable bonds is 4. The Labute approximate surface area is 253 Å². The van der Waals surface area contributed by atoms with Crippen LogP contribution in [0.15, 0.2) is 67.9 Å². The minimum atomic E-state index is -5.18. The van der Waals surface area contributed by atoms with Crippen LogP contribution in [0.5, 0.6) is 0 Å². The number of nitro benzene ring substituents is 2. The maximum Gasteiger partial charge on any atom is 0.296 e. The molecule has 7 aromatic rings. The summed E-state index contributed by atoms with van der Waals surface area (Å²) in [4.78, 5) is 47.9. The van der Waals surface area contributed by atoms with Crippen molar-refractivity contribution < 1.29 is 35.8 Å². The van der Waals surface area contributed by atoms with Crippen molar-refractivity contribution in [1.29, 1.82) is 0 Å². The Kier molecular flexibility index (Phi) is 5.59. The number of nitrogens with two attached hydrogens (primary N) is 2. The molecule has 7 rings (SSSR count). The predicted octanol–water partition coefficient (Wildman–Crippen LogP) is 3.68. The van der Waals surface area contributed by atoms with Gasteiger partial charge in [0.15, 0.2) is 10.9 Å². The number of non-ortho nitro benzene ring substituents is 2. The Morgan fingerprint density at radius 1 is 0.522 bits per heavy atom. The second-order valence-corrected chi connectivity index (χ2v) is 13.3. The minimum Gasteiger partial charge on any atom is -0.397 e. The zero-order valence-corrected chi connectivity index (χ0v) is 24.1. The molecule has 18 heteroatoms. The van der Waals surface area contributed by atoms with Crippen LogP contribution in [0.2, 0.25) is 0 Å². The smallest absolute Gasteiger partial charge is 0.296 e. The highest BCUT2D eigenvalue weighted by molar-refractivity contribution is 7.86. The van der Waals surface area contributed by atoms with E-state index in [-0.39, 0.29) is 53.9 Å². The van der Waals surface area contributed by atoms with E-state index in [1.54, 1.807) is 0 Å². The van der Waals surface area contributed by atoms with Gasteiger partial charge in [0, 0.05) is 45.8 Å². The zero-order valence-electron chi connectivity index (χ0n) is 22.5. The second-order valence-electron chi connectivity index (χ2n) is 10.5. The second kappa shape index (κ2) is 8.88. The maximum absolute atomic E-state index is 14.0. The van der Waals surface area contributed by atoms with Crippen molar-refractivity contribution in [2.75, 3.05) is 11.5 Å². The van der Waals surface area contributed by atoms with Crippen molar-refractivity contribution in [2.24, 2.45) is 0 Å². The molecule has 0 spiro atoms. The lowest BCUT2D eigenvalue weighted by atomic mass is 9.83. The molecule has 0 fully saturated rings. The number of nitro groups is 2. The highest BCUT2D eigenvalue weighted by Gasteiger charge is 2.30. The van der Waals surface area contributed by atoms with Gasteiger partial charge in [-0.05, 0) is 56.6 Å². The van der Waals surface area contributed by atoms with E-state index < -0.39 is 84.3 Å². The Balaban J connectivity index is 2.01. The molecular weight excluding hydrogens is 648 g/mol. The molecule has 0 saturated heterocycles. The highest BCUT2D eigenvalue weighted by Crippen LogP contribution is 2.49. The fourth-order valence-corrected chi connectivity index (χ4v) is 7.64. The Bertz CT molecular complexity index is 2780. The van der Waals surface area contributed by atoms with E-state index in [0.717, 1.165) is 36.4 Å². The van der Waals surface area contributed by atoms with E-state index in [2.05, 4.69) is 0 Å². The largest absolute Gasteiger partial charge is 0.397 e. The highest BCUT2D eigenvalue weighted by atomic mass is 32.2. The third-order valence-electron chi connectivity index (χ3n) is 8.17. The van der Waals surface area contributed by atoms with Gasteiger partial charge in [0.05, 0.1) is 32.0 Å². The van der Waals surface area contributed by atoms with Crippen molar-refractivity contribution in [1.82, 2.24) is 0 Å². The van der Waals surface area contributed by atoms with Crippen LogP contribution >= 0.6 is 0 Å². The number of anilines is 2. The lowest BCUT2D eigenvalue weighted by Gasteiger charge is -2.21. The van der Waals surface area contributed by atoms with E-state index in [1.165, 1.54) is 12.1 Å². The van der Waals surface area contributed by atoms with Crippen LogP contribution in [0.4, 0.5) is 22.7 Å². The number of fused-ring (bicyclic) bond motifs is 6. The first-order valence-electron chi connectivity index (χ1n) is 12.7. The number of nitrogens with zero attached hydrogens (tertiary/aromatic N) is 2. The summed E-state index contributed by atoms with van der Waals surface area (Å²) in [5.41, 5.74) is 7.93. The van der Waals surface area contributed by atoms with Gasteiger partial charge >= 0.3 is 0 Å².